The predicted octanol–water partition coefficient (Wildman–Crippen LogP) is 2.72. The van der Waals surface area contributed by atoms with Gasteiger partial charge in [0.1, 0.15) is 11.1 Å². The van der Waals surface area contributed by atoms with Gasteiger partial charge >= 0.3 is 0 Å². The third-order valence-electron chi connectivity index (χ3n) is 4.22. The number of rotatable bonds is 9. The standard InChI is InChI=1S/C19H28N4O3S2/c1-15(26-4)18-22-16(14-27-18)13-23(3)19(20-2)21-11-8-12-28(24,25)17-9-6-5-7-10-17/h5-7,9-10,14-15H,8,11-13H2,1-4H3,(H,20,21). The predicted molar refractivity (Wildman–Crippen MR) is 113 cm³/mol. The Morgan fingerprint density at radius 2 is 2.07 bits per heavy atom. The Bertz CT molecular complexity index is 866. The lowest BCUT2D eigenvalue weighted by Gasteiger charge is -2.21. The van der Waals surface area contributed by atoms with E-state index in [1.165, 1.54) is 0 Å². The normalized spacial score (nSPS) is 13.4. The molecule has 1 aromatic carbocycles. The molecule has 28 heavy (non-hydrogen) atoms. The summed E-state index contributed by atoms with van der Waals surface area (Å²) in [7, 11) is 2.05. The molecule has 0 aliphatic rings. The summed E-state index contributed by atoms with van der Waals surface area (Å²) >= 11 is 1.58. The first-order valence-corrected chi connectivity index (χ1v) is 11.6. The molecular weight excluding hydrogens is 396 g/mol. The van der Waals surface area contributed by atoms with Gasteiger partial charge in [-0.1, -0.05) is 18.2 Å². The van der Waals surface area contributed by atoms with E-state index < -0.39 is 9.84 Å². The first-order valence-electron chi connectivity index (χ1n) is 9.04. The van der Waals surface area contributed by atoms with Gasteiger partial charge in [-0.3, -0.25) is 4.99 Å². The average Bonchev–Trinajstić information content (AvgIpc) is 3.16. The maximum Gasteiger partial charge on any atom is 0.193 e. The number of nitrogens with one attached hydrogen (secondary N) is 1. The Morgan fingerprint density at radius 3 is 2.71 bits per heavy atom. The van der Waals surface area contributed by atoms with E-state index in [0.717, 1.165) is 10.7 Å². The van der Waals surface area contributed by atoms with E-state index in [1.54, 1.807) is 49.8 Å². The molecule has 7 nitrogen and oxygen atoms in total. The van der Waals surface area contributed by atoms with E-state index in [0.29, 0.717) is 30.4 Å². The van der Waals surface area contributed by atoms with Crippen LogP contribution in [0.15, 0.2) is 45.6 Å². The summed E-state index contributed by atoms with van der Waals surface area (Å²) in [6.45, 7) is 3.09. The summed E-state index contributed by atoms with van der Waals surface area (Å²) in [5, 5.41) is 6.18. The van der Waals surface area contributed by atoms with Crippen LogP contribution in [0.3, 0.4) is 0 Å². The zero-order chi connectivity index (χ0) is 20.6. The molecule has 0 radical (unpaired) electrons. The highest BCUT2D eigenvalue weighted by molar-refractivity contribution is 7.91. The van der Waals surface area contributed by atoms with Gasteiger partial charge in [-0.05, 0) is 25.5 Å². The molecule has 0 fully saturated rings. The van der Waals surface area contributed by atoms with Crippen LogP contribution in [0.5, 0.6) is 0 Å². The maximum absolute atomic E-state index is 12.3. The number of thiazole rings is 1. The first kappa shape index (κ1) is 22.3. The minimum absolute atomic E-state index is 0.0203. The fourth-order valence-corrected chi connectivity index (χ4v) is 4.77. The van der Waals surface area contributed by atoms with Crippen molar-refractivity contribution in [3.63, 3.8) is 0 Å². The second-order valence-electron chi connectivity index (χ2n) is 6.37. The number of guanidine groups is 1. The molecule has 2 rings (SSSR count). The maximum atomic E-state index is 12.3. The molecule has 0 aliphatic carbocycles. The summed E-state index contributed by atoms with van der Waals surface area (Å²) in [6, 6.07) is 8.53. The molecular formula is C19H28N4O3S2. The summed E-state index contributed by atoms with van der Waals surface area (Å²) in [4.78, 5) is 11.2. The Balaban J connectivity index is 1.83. The van der Waals surface area contributed by atoms with Gasteiger partial charge < -0.3 is 15.0 Å². The number of ether oxygens (including phenoxy) is 1. The van der Waals surface area contributed by atoms with Crippen molar-refractivity contribution < 1.29 is 13.2 Å². The third kappa shape index (κ3) is 6.29. The minimum Gasteiger partial charge on any atom is -0.375 e. The van der Waals surface area contributed by atoms with Gasteiger partial charge in [0.15, 0.2) is 15.8 Å². The molecule has 1 N–H and O–H groups in total. The van der Waals surface area contributed by atoms with Crippen molar-refractivity contribution in [2.75, 3.05) is 33.5 Å². The highest BCUT2D eigenvalue weighted by atomic mass is 32.2. The fourth-order valence-electron chi connectivity index (χ4n) is 2.59. The van der Waals surface area contributed by atoms with Crippen molar-refractivity contribution in [3.8, 4) is 0 Å². The van der Waals surface area contributed by atoms with E-state index in [1.807, 2.05) is 30.3 Å². The van der Waals surface area contributed by atoms with E-state index in [9.17, 15) is 8.42 Å². The molecule has 9 heteroatoms. The fraction of sp³-hybridized carbons (Fsp3) is 0.474. The quantitative estimate of drug-likeness (QED) is 0.379. The average molecular weight is 425 g/mol. The number of sulfone groups is 1. The van der Waals surface area contributed by atoms with Crippen molar-refractivity contribution >= 4 is 27.1 Å². The molecule has 0 amide bonds. The van der Waals surface area contributed by atoms with Crippen LogP contribution >= 0.6 is 11.3 Å². The highest BCUT2D eigenvalue weighted by Gasteiger charge is 2.15. The van der Waals surface area contributed by atoms with Crippen LogP contribution in [0.2, 0.25) is 0 Å². The number of hydrogen-bond donors (Lipinski definition) is 1. The first-order chi connectivity index (χ1) is 13.4. The molecule has 0 bridgehead atoms. The second kappa shape index (κ2) is 10.5. The van der Waals surface area contributed by atoms with Crippen molar-refractivity contribution in [1.29, 1.82) is 0 Å². The smallest absolute Gasteiger partial charge is 0.193 e. The van der Waals surface area contributed by atoms with Crippen LogP contribution in [0.1, 0.15) is 30.2 Å². The third-order valence-corrected chi connectivity index (χ3v) is 7.09. The van der Waals surface area contributed by atoms with Crippen molar-refractivity contribution in [3.05, 3.63) is 46.4 Å². The zero-order valence-electron chi connectivity index (χ0n) is 16.8. The van der Waals surface area contributed by atoms with Gasteiger partial charge in [0, 0.05) is 33.1 Å². The van der Waals surface area contributed by atoms with E-state index >= 15 is 0 Å². The molecule has 0 saturated heterocycles. The van der Waals surface area contributed by atoms with Gasteiger partial charge in [0.2, 0.25) is 0 Å². The van der Waals surface area contributed by atoms with E-state index in [-0.39, 0.29) is 11.9 Å². The number of benzene rings is 1. The number of aromatic nitrogens is 1. The summed E-state index contributed by atoms with van der Waals surface area (Å²) in [5.41, 5.74) is 0.945. The number of nitrogens with zero attached hydrogens (tertiary/aromatic N) is 3. The van der Waals surface area contributed by atoms with Gasteiger partial charge in [-0.15, -0.1) is 11.3 Å². The van der Waals surface area contributed by atoms with Gasteiger partial charge in [0.05, 0.1) is 22.9 Å². The second-order valence-corrected chi connectivity index (χ2v) is 9.37. The number of aliphatic imine (C=N–C) groups is 1. The van der Waals surface area contributed by atoms with Crippen LogP contribution in [-0.2, 0) is 21.1 Å². The van der Waals surface area contributed by atoms with Gasteiger partial charge in [-0.2, -0.15) is 0 Å². The van der Waals surface area contributed by atoms with Gasteiger partial charge in [0.25, 0.3) is 0 Å². The van der Waals surface area contributed by atoms with Crippen molar-refractivity contribution in [1.82, 2.24) is 15.2 Å². The Labute approximate surface area is 171 Å². The molecule has 0 aliphatic heterocycles. The zero-order valence-corrected chi connectivity index (χ0v) is 18.4. The molecule has 1 atom stereocenters. The summed E-state index contributed by atoms with van der Waals surface area (Å²) in [6.07, 6.45) is 0.476. The highest BCUT2D eigenvalue weighted by Crippen LogP contribution is 2.20. The lowest BCUT2D eigenvalue weighted by atomic mass is 10.4. The molecule has 154 valence electrons. The Hall–Kier alpha value is -1.97. The van der Waals surface area contributed by atoms with E-state index in [4.69, 9.17) is 4.74 Å². The lowest BCUT2D eigenvalue weighted by Crippen LogP contribution is -2.39. The lowest BCUT2D eigenvalue weighted by molar-refractivity contribution is 0.119. The summed E-state index contributed by atoms with van der Waals surface area (Å²) < 4.78 is 29.9. The number of hydrogen-bond acceptors (Lipinski definition) is 6. The van der Waals surface area contributed by atoms with Gasteiger partial charge in [-0.25, -0.2) is 13.4 Å². The molecule has 1 heterocycles. The summed E-state index contributed by atoms with van der Waals surface area (Å²) in [5.74, 6) is 0.793. The van der Waals surface area contributed by atoms with Crippen molar-refractivity contribution in [2.45, 2.75) is 30.9 Å². The molecule has 0 spiro atoms. The Morgan fingerprint density at radius 1 is 1.36 bits per heavy atom. The van der Waals surface area contributed by atoms with Crippen LogP contribution in [-0.4, -0.2) is 57.8 Å². The largest absolute Gasteiger partial charge is 0.375 e. The van der Waals surface area contributed by atoms with Crippen LogP contribution in [0.25, 0.3) is 0 Å². The number of methoxy groups -OCH3 is 1. The topological polar surface area (TPSA) is 83.9 Å². The Kier molecular flexibility index (Phi) is 8.40. The van der Waals surface area contributed by atoms with Crippen LogP contribution < -0.4 is 5.32 Å². The minimum atomic E-state index is -3.26. The van der Waals surface area contributed by atoms with Crippen molar-refractivity contribution in [2.24, 2.45) is 4.99 Å². The van der Waals surface area contributed by atoms with Crippen LogP contribution in [0.4, 0.5) is 0 Å². The van der Waals surface area contributed by atoms with E-state index in [2.05, 4.69) is 15.3 Å². The SMILES string of the molecule is CN=C(NCCCS(=O)(=O)c1ccccc1)N(C)Cc1csc(C(C)OC)n1. The molecule has 1 aromatic heterocycles. The van der Waals surface area contributed by atoms with Crippen LogP contribution in [0, 0.1) is 0 Å². The molecule has 2 aromatic rings. The monoisotopic (exact) mass is 424 g/mol. The molecule has 0 saturated carbocycles. The molecule has 1 unspecified atom stereocenters.